The number of rotatable bonds is 3. The number of thiophene rings is 1. The zero-order chi connectivity index (χ0) is 14.3. The monoisotopic (exact) mass is 291 g/mol. The Balaban J connectivity index is 2.03. The van der Waals surface area contributed by atoms with Gasteiger partial charge in [-0.05, 0) is 30.7 Å². The second kappa shape index (κ2) is 5.30. The van der Waals surface area contributed by atoms with Gasteiger partial charge in [-0.3, -0.25) is 4.79 Å². The van der Waals surface area contributed by atoms with Gasteiger partial charge in [-0.1, -0.05) is 20.8 Å². The van der Waals surface area contributed by atoms with Gasteiger partial charge in [-0.25, -0.2) is 4.98 Å². The SMILES string of the molecule is CC1CCc2c(sc3nc(CNC(C)C)[nH]c(=O)c23)C1. The summed E-state index contributed by atoms with van der Waals surface area (Å²) in [6.45, 7) is 7.06. The third-order valence-corrected chi connectivity index (χ3v) is 5.04. The van der Waals surface area contributed by atoms with Crippen LogP contribution in [0, 0.1) is 5.92 Å². The van der Waals surface area contributed by atoms with E-state index < -0.39 is 0 Å². The summed E-state index contributed by atoms with van der Waals surface area (Å²) < 4.78 is 0. The summed E-state index contributed by atoms with van der Waals surface area (Å²) in [5, 5.41) is 4.13. The van der Waals surface area contributed by atoms with Crippen molar-refractivity contribution in [2.24, 2.45) is 5.92 Å². The predicted molar refractivity (Wildman–Crippen MR) is 83.4 cm³/mol. The topological polar surface area (TPSA) is 57.8 Å². The fourth-order valence-corrected chi connectivity index (χ4v) is 4.18. The van der Waals surface area contributed by atoms with Crippen LogP contribution in [-0.4, -0.2) is 16.0 Å². The summed E-state index contributed by atoms with van der Waals surface area (Å²) in [7, 11) is 0. The van der Waals surface area contributed by atoms with Gasteiger partial charge in [0.15, 0.2) is 0 Å². The van der Waals surface area contributed by atoms with E-state index in [1.54, 1.807) is 11.3 Å². The molecule has 4 nitrogen and oxygen atoms in total. The number of fused-ring (bicyclic) bond motifs is 3. The highest BCUT2D eigenvalue weighted by molar-refractivity contribution is 7.18. The van der Waals surface area contributed by atoms with Gasteiger partial charge >= 0.3 is 0 Å². The van der Waals surface area contributed by atoms with Crippen LogP contribution in [0.25, 0.3) is 10.2 Å². The molecule has 0 saturated heterocycles. The molecule has 5 heteroatoms. The maximum absolute atomic E-state index is 12.3. The lowest BCUT2D eigenvalue weighted by atomic mass is 9.89. The van der Waals surface area contributed by atoms with E-state index in [4.69, 9.17) is 0 Å². The summed E-state index contributed by atoms with van der Waals surface area (Å²) in [5.41, 5.74) is 1.28. The minimum absolute atomic E-state index is 0.0302. The van der Waals surface area contributed by atoms with E-state index in [0.717, 1.165) is 34.8 Å². The number of H-pyrrole nitrogens is 1. The molecule has 108 valence electrons. The van der Waals surface area contributed by atoms with Gasteiger partial charge in [-0.2, -0.15) is 0 Å². The Morgan fingerprint density at radius 1 is 1.50 bits per heavy atom. The van der Waals surface area contributed by atoms with Crippen LogP contribution in [0.2, 0.25) is 0 Å². The van der Waals surface area contributed by atoms with Gasteiger partial charge in [0, 0.05) is 10.9 Å². The summed E-state index contributed by atoms with van der Waals surface area (Å²) in [6, 6.07) is 0.383. The van der Waals surface area contributed by atoms with Crippen LogP contribution in [0.1, 0.15) is 43.5 Å². The Bertz CT molecular complexity index is 686. The average Bonchev–Trinajstić information content (AvgIpc) is 2.73. The van der Waals surface area contributed by atoms with Crippen molar-refractivity contribution in [3.05, 3.63) is 26.6 Å². The highest BCUT2D eigenvalue weighted by atomic mass is 32.1. The van der Waals surface area contributed by atoms with E-state index >= 15 is 0 Å². The lowest BCUT2D eigenvalue weighted by Crippen LogP contribution is -2.25. The quantitative estimate of drug-likeness (QED) is 0.914. The molecule has 3 rings (SSSR count). The van der Waals surface area contributed by atoms with Crippen LogP contribution in [0.3, 0.4) is 0 Å². The highest BCUT2D eigenvalue weighted by Gasteiger charge is 2.22. The number of nitrogens with one attached hydrogen (secondary N) is 2. The second-order valence-corrected chi connectivity index (χ2v) is 7.16. The Morgan fingerprint density at radius 3 is 3.05 bits per heavy atom. The Labute approximate surface area is 122 Å². The first-order chi connectivity index (χ1) is 9.54. The Kier molecular flexibility index (Phi) is 3.65. The van der Waals surface area contributed by atoms with Crippen LogP contribution in [0.5, 0.6) is 0 Å². The third-order valence-electron chi connectivity index (χ3n) is 3.89. The van der Waals surface area contributed by atoms with Crippen LogP contribution in [0.15, 0.2) is 4.79 Å². The van der Waals surface area contributed by atoms with E-state index in [0.29, 0.717) is 12.6 Å². The molecule has 2 aromatic rings. The first-order valence-corrected chi connectivity index (χ1v) is 8.13. The Hall–Kier alpha value is -1.20. The summed E-state index contributed by atoms with van der Waals surface area (Å²) in [5.74, 6) is 1.46. The number of nitrogens with zero attached hydrogens (tertiary/aromatic N) is 1. The standard InChI is InChI=1S/C15H21N3OS/c1-8(2)16-7-12-17-14(19)13-10-5-4-9(3)6-11(10)20-15(13)18-12/h8-9,16H,4-7H2,1-3H3,(H,17,18,19). The molecule has 0 aromatic carbocycles. The van der Waals surface area contributed by atoms with Crippen molar-refractivity contribution in [2.45, 2.75) is 52.6 Å². The maximum atomic E-state index is 12.3. The van der Waals surface area contributed by atoms with Crippen LogP contribution in [0.4, 0.5) is 0 Å². The average molecular weight is 291 g/mol. The number of hydrogen-bond acceptors (Lipinski definition) is 4. The zero-order valence-corrected chi connectivity index (χ0v) is 13.1. The molecule has 1 aliphatic carbocycles. The van der Waals surface area contributed by atoms with Crippen LogP contribution >= 0.6 is 11.3 Å². The van der Waals surface area contributed by atoms with Crippen LogP contribution in [-0.2, 0) is 19.4 Å². The maximum Gasteiger partial charge on any atom is 0.259 e. The molecule has 1 aliphatic rings. The van der Waals surface area contributed by atoms with Gasteiger partial charge in [0.25, 0.3) is 5.56 Å². The number of aryl methyl sites for hydroxylation is 1. The third kappa shape index (κ3) is 2.52. The fourth-order valence-electron chi connectivity index (χ4n) is 2.78. The van der Waals surface area contributed by atoms with Crippen molar-refractivity contribution in [2.75, 3.05) is 0 Å². The predicted octanol–water partition coefficient (Wildman–Crippen LogP) is 2.61. The van der Waals surface area contributed by atoms with Gasteiger partial charge in [0.1, 0.15) is 10.7 Å². The van der Waals surface area contributed by atoms with Crippen LogP contribution < -0.4 is 10.9 Å². The molecule has 0 bridgehead atoms. The summed E-state index contributed by atoms with van der Waals surface area (Å²) >= 11 is 1.71. The normalized spacial score (nSPS) is 18.7. The molecular formula is C15H21N3OS. The second-order valence-electron chi connectivity index (χ2n) is 6.08. The molecule has 2 aromatic heterocycles. The van der Waals surface area contributed by atoms with Crippen molar-refractivity contribution in [1.82, 2.24) is 15.3 Å². The van der Waals surface area contributed by atoms with E-state index in [1.165, 1.54) is 16.9 Å². The minimum atomic E-state index is 0.0302. The van der Waals surface area contributed by atoms with Crippen molar-refractivity contribution >= 4 is 21.6 Å². The first kappa shape index (κ1) is 13.8. The molecule has 0 spiro atoms. The molecule has 0 amide bonds. The minimum Gasteiger partial charge on any atom is -0.309 e. The van der Waals surface area contributed by atoms with Gasteiger partial charge in [0.05, 0.1) is 11.9 Å². The van der Waals surface area contributed by atoms with Crippen molar-refractivity contribution in [3.63, 3.8) is 0 Å². The molecule has 0 radical (unpaired) electrons. The molecule has 0 aliphatic heterocycles. The molecule has 0 saturated carbocycles. The Morgan fingerprint density at radius 2 is 2.30 bits per heavy atom. The lowest BCUT2D eigenvalue weighted by molar-refractivity contribution is 0.509. The van der Waals surface area contributed by atoms with E-state index in [9.17, 15) is 4.79 Å². The highest BCUT2D eigenvalue weighted by Crippen LogP contribution is 2.35. The number of aromatic nitrogens is 2. The lowest BCUT2D eigenvalue weighted by Gasteiger charge is -2.17. The number of aromatic amines is 1. The largest absolute Gasteiger partial charge is 0.309 e. The summed E-state index contributed by atoms with van der Waals surface area (Å²) in [4.78, 5) is 22.2. The van der Waals surface area contributed by atoms with E-state index in [2.05, 4.69) is 36.1 Å². The molecule has 20 heavy (non-hydrogen) atoms. The molecular weight excluding hydrogens is 270 g/mol. The van der Waals surface area contributed by atoms with Crippen molar-refractivity contribution < 1.29 is 0 Å². The zero-order valence-electron chi connectivity index (χ0n) is 12.2. The smallest absolute Gasteiger partial charge is 0.259 e. The van der Waals surface area contributed by atoms with Gasteiger partial charge in [-0.15, -0.1) is 11.3 Å². The number of hydrogen-bond donors (Lipinski definition) is 2. The van der Waals surface area contributed by atoms with Crippen molar-refractivity contribution in [3.8, 4) is 0 Å². The molecule has 1 atom stereocenters. The fraction of sp³-hybridized carbons (Fsp3) is 0.600. The molecule has 0 fully saturated rings. The molecule has 2 heterocycles. The van der Waals surface area contributed by atoms with E-state index in [1.807, 2.05) is 0 Å². The first-order valence-electron chi connectivity index (χ1n) is 7.31. The van der Waals surface area contributed by atoms with Gasteiger partial charge in [0.2, 0.25) is 0 Å². The molecule has 2 N–H and O–H groups in total. The van der Waals surface area contributed by atoms with Crippen molar-refractivity contribution in [1.29, 1.82) is 0 Å². The van der Waals surface area contributed by atoms with Gasteiger partial charge < -0.3 is 10.3 Å². The van der Waals surface area contributed by atoms with E-state index in [-0.39, 0.29) is 5.56 Å². The molecule has 1 unspecified atom stereocenters. The summed E-state index contributed by atoms with van der Waals surface area (Å²) in [6.07, 6.45) is 3.29.